The summed E-state index contributed by atoms with van der Waals surface area (Å²) in [6.07, 6.45) is 3.58. The molecule has 0 saturated carbocycles. The van der Waals surface area contributed by atoms with E-state index in [1.807, 2.05) is 24.3 Å². The van der Waals surface area contributed by atoms with Crippen LogP contribution in [0.2, 0.25) is 5.02 Å². The van der Waals surface area contributed by atoms with E-state index in [0.717, 1.165) is 11.3 Å². The van der Waals surface area contributed by atoms with E-state index >= 15 is 0 Å². The molecule has 0 spiro atoms. The van der Waals surface area contributed by atoms with Crippen LogP contribution in [0.4, 0.5) is 0 Å². The van der Waals surface area contributed by atoms with Gasteiger partial charge in [0, 0.05) is 18.0 Å². The molecule has 1 aromatic carbocycles. The van der Waals surface area contributed by atoms with E-state index in [2.05, 4.69) is 11.7 Å². The third kappa shape index (κ3) is 3.68. The third-order valence-corrected chi connectivity index (χ3v) is 3.96. The normalized spacial score (nSPS) is 16.4. The summed E-state index contributed by atoms with van der Waals surface area (Å²) in [6.45, 7) is 4.52. The Labute approximate surface area is 145 Å². The third-order valence-electron chi connectivity index (χ3n) is 3.70. The van der Waals surface area contributed by atoms with Gasteiger partial charge in [-0.05, 0) is 29.8 Å². The van der Waals surface area contributed by atoms with Crippen LogP contribution in [-0.4, -0.2) is 35.7 Å². The van der Waals surface area contributed by atoms with Crippen molar-refractivity contribution in [3.05, 3.63) is 71.7 Å². The van der Waals surface area contributed by atoms with Crippen molar-refractivity contribution in [1.29, 1.82) is 0 Å². The summed E-state index contributed by atoms with van der Waals surface area (Å²) in [5, 5.41) is 4.82. The Morgan fingerprint density at radius 1 is 1.38 bits per heavy atom. The Morgan fingerprint density at radius 2 is 2.17 bits per heavy atom. The maximum Gasteiger partial charge on any atom is 0.289 e. The van der Waals surface area contributed by atoms with Gasteiger partial charge < -0.3 is 14.2 Å². The molecule has 3 rings (SSSR count). The quantitative estimate of drug-likeness (QED) is 0.750. The van der Waals surface area contributed by atoms with Gasteiger partial charge >= 0.3 is 0 Å². The number of rotatable bonds is 6. The highest BCUT2D eigenvalue weighted by Gasteiger charge is 2.27. The van der Waals surface area contributed by atoms with Crippen LogP contribution in [0.25, 0.3) is 0 Å². The van der Waals surface area contributed by atoms with E-state index in [9.17, 15) is 4.79 Å². The van der Waals surface area contributed by atoms with Crippen molar-refractivity contribution in [2.75, 3.05) is 13.1 Å². The number of amides is 1. The van der Waals surface area contributed by atoms with Crippen molar-refractivity contribution >= 4 is 23.2 Å². The minimum Gasteiger partial charge on any atom is -0.459 e. The van der Waals surface area contributed by atoms with Crippen LogP contribution in [-0.2, 0) is 4.84 Å². The Balaban J connectivity index is 1.64. The molecule has 6 heteroatoms. The summed E-state index contributed by atoms with van der Waals surface area (Å²) >= 11 is 5.90. The summed E-state index contributed by atoms with van der Waals surface area (Å²) in [5.74, 6) is 0.108. The van der Waals surface area contributed by atoms with Gasteiger partial charge in [-0.15, -0.1) is 6.58 Å². The lowest BCUT2D eigenvalue weighted by Crippen LogP contribution is -2.37. The molecule has 0 bridgehead atoms. The largest absolute Gasteiger partial charge is 0.459 e. The number of halogens is 1. The second-order valence-corrected chi connectivity index (χ2v) is 5.89. The highest BCUT2D eigenvalue weighted by molar-refractivity contribution is 6.30. The van der Waals surface area contributed by atoms with Crippen molar-refractivity contribution in [3.8, 4) is 0 Å². The molecule has 5 nitrogen and oxygen atoms in total. The fourth-order valence-corrected chi connectivity index (χ4v) is 2.66. The smallest absolute Gasteiger partial charge is 0.289 e. The predicted molar refractivity (Wildman–Crippen MR) is 92.3 cm³/mol. The molecule has 1 atom stereocenters. The molecule has 1 aromatic heterocycles. The minimum atomic E-state index is -0.199. The highest BCUT2D eigenvalue weighted by atomic mass is 35.5. The summed E-state index contributed by atoms with van der Waals surface area (Å²) in [7, 11) is 0. The van der Waals surface area contributed by atoms with Gasteiger partial charge in [0.15, 0.2) is 11.9 Å². The molecule has 1 aliphatic rings. The van der Waals surface area contributed by atoms with Gasteiger partial charge in [0.2, 0.25) is 0 Å². The zero-order valence-corrected chi connectivity index (χ0v) is 13.8. The summed E-state index contributed by atoms with van der Waals surface area (Å²) in [5.41, 5.74) is 1.81. The van der Waals surface area contributed by atoms with Gasteiger partial charge in [-0.25, -0.2) is 0 Å². The molecule has 0 radical (unpaired) electrons. The van der Waals surface area contributed by atoms with Crippen LogP contribution in [0.3, 0.4) is 0 Å². The average molecular weight is 345 g/mol. The molecular formula is C18H17ClN2O3. The van der Waals surface area contributed by atoms with Crippen molar-refractivity contribution in [3.63, 3.8) is 0 Å². The number of carbonyl (C=O) groups excluding carboxylic acids is 1. The van der Waals surface area contributed by atoms with Crippen molar-refractivity contribution in [1.82, 2.24) is 4.90 Å². The zero-order chi connectivity index (χ0) is 16.9. The van der Waals surface area contributed by atoms with Crippen LogP contribution < -0.4 is 0 Å². The van der Waals surface area contributed by atoms with Crippen LogP contribution in [0, 0.1) is 0 Å². The van der Waals surface area contributed by atoms with Crippen molar-refractivity contribution in [2.45, 2.75) is 12.5 Å². The van der Waals surface area contributed by atoms with E-state index in [0.29, 0.717) is 30.3 Å². The van der Waals surface area contributed by atoms with Gasteiger partial charge in [-0.3, -0.25) is 4.79 Å². The predicted octanol–water partition coefficient (Wildman–Crippen LogP) is 3.75. The highest BCUT2D eigenvalue weighted by Crippen LogP contribution is 2.20. The lowest BCUT2D eigenvalue weighted by molar-refractivity contribution is 0.0432. The first-order chi connectivity index (χ1) is 11.7. The van der Waals surface area contributed by atoms with Crippen molar-refractivity contribution in [2.24, 2.45) is 5.16 Å². The first-order valence-electron chi connectivity index (χ1n) is 7.59. The Hall–Kier alpha value is -2.53. The van der Waals surface area contributed by atoms with E-state index in [1.165, 1.54) is 6.26 Å². The molecule has 0 N–H and O–H groups in total. The van der Waals surface area contributed by atoms with Crippen LogP contribution in [0.5, 0.6) is 0 Å². The fourth-order valence-electron chi connectivity index (χ4n) is 2.54. The molecule has 0 aliphatic carbocycles. The number of oxime groups is 1. The minimum absolute atomic E-state index is 0.191. The lowest BCUT2D eigenvalue weighted by Gasteiger charge is -2.22. The number of benzene rings is 1. The number of hydrogen-bond donors (Lipinski definition) is 0. The molecule has 1 amide bonds. The molecule has 1 aliphatic heterocycles. The van der Waals surface area contributed by atoms with Crippen LogP contribution in [0.15, 0.2) is 64.9 Å². The van der Waals surface area contributed by atoms with Gasteiger partial charge in [0.05, 0.1) is 18.5 Å². The molecular weight excluding hydrogens is 328 g/mol. The van der Waals surface area contributed by atoms with Gasteiger partial charge in [-0.1, -0.05) is 35.0 Å². The zero-order valence-electron chi connectivity index (χ0n) is 13.0. The van der Waals surface area contributed by atoms with E-state index in [1.54, 1.807) is 23.1 Å². The second kappa shape index (κ2) is 7.36. The molecule has 2 aromatic rings. The molecule has 2 heterocycles. The summed E-state index contributed by atoms with van der Waals surface area (Å²) in [6, 6.07) is 10.8. The molecule has 1 unspecified atom stereocenters. The topological polar surface area (TPSA) is 55.0 Å². The summed E-state index contributed by atoms with van der Waals surface area (Å²) in [4.78, 5) is 19.6. The van der Waals surface area contributed by atoms with Crippen LogP contribution in [0.1, 0.15) is 22.5 Å². The van der Waals surface area contributed by atoms with E-state index < -0.39 is 0 Å². The monoisotopic (exact) mass is 344 g/mol. The Bertz CT molecular complexity index is 738. The molecule has 0 saturated heterocycles. The number of nitrogens with zero attached hydrogens (tertiary/aromatic N) is 2. The molecule has 24 heavy (non-hydrogen) atoms. The molecule has 124 valence electrons. The number of carbonyl (C=O) groups is 1. The molecule has 0 fully saturated rings. The number of hydrogen-bond acceptors (Lipinski definition) is 4. The van der Waals surface area contributed by atoms with Crippen molar-refractivity contribution < 1.29 is 14.0 Å². The Kier molecular flexibility index (Phi) is 5.01. The summed E-state index contributed by atoms with van der Waals surface area (Å²) < 4.78 is 5.18. The van der Waals surface area contributed by atoms with Gasteiger partial charge in [0.25, 0.3) is 5.91 Å². The van der Waals surface area contributed by atoms with E-state index in [-0.39, 0.29) is 12.0 Å². The lowest BCUT2D eigenvalue weighted by atomic mass is 10.0. The van der Waals surface area contributed by atoms with Gasteiger partial charge in [-0.2, -0.15) is 0 Å². The van der Waals surface area contributed by atoms with E-state index in [4.69, 9.17) is 20.9 Å². The number of furan rings is 1. The average Bonchev–Trinajstić information content (AvgIpc) is 3.26. The second-order valence-electron chi connectivity index (χ2n) is 5.45. The fraction of sp³-hybridized carbons (Fsp3) is 0.222. The SMILES string of the molecule is C=CCN(CC1CC(c2ccc(Cl)cc2)=NO1)C(=O)c1ccco1. The Morgan fingerprint density at radius 3 is 2.83 bits per heavy atom. The van der Waals surface area contributed by atoms with Gasteiger partial charge in [0.1, 0.15) is 0 Å². The standard InChI is InChI=1S/C18H17ClN2O3/c1-2-9-21(18(22)17-4-3-10-23-17)12-15-11-16(20-24-15)13-5-7-14(19)8-6-13/h2-8,10,15H,1,9,11-12H2. The first-order valence-corrected chi connectivity index (χ1v) is 7.97. The van der Waals surface area contributed by atoms with Crippen LogP contribution >= 0.6 is 11.6 Å². The maximum atomic E-state index is 12.4. The first kappa shape index (κ1) is 16.3. The maximum absolute atomic E-state index is 12.4.